The maximum atomic E-state index is 13.0. The summed E-state index contributed by atoms with van der Waals surface area (Å²) in [6.07, 6.45) is 4.30. The van der Waals surface area contributed by atoms with E-state index in [0.717, 1.165) is 10.8 Å². The van der Waals surface area contributed by atoms with Crippen molar-refractivity contribution in [2.24, 2.45) is 0 Å². The van der Waals surface area contributed by atoms with Crippen molar-refractivity contribution < 1.29 is 13.2 Å². The van der Waals surface area contributed by atoms with Gasteiger partial charge in [-0.25, -0.2) is 18.4 Å². The molecule has 1 fully saturated rings. The zero-order valence-electron chi connectivity index (χ0n) is 14.2. The number of hydrogen-bond acceptors (Lipinski definition) is 5. The van der Waals surface area contributed by atoms with Crippen LogP contribution < -0.4 is 4.74 Å². The molecule has 2 aromatic carbocycles. The number of piperidine rings is 1. The largest absolute Gasteiger partial charge is 0.474 e. The molecule has 2 heterocycles. The van der Waals surface area contributed by atoms with Crippen LogP contribution in [0.15, 0.2) is 66.0 Å². The van der Waals surface area contributed by atoms with Crippen molar-refractivity contribution >= 4 is 20.8 Å². The molecule has 4 rings (SSSR count). The van der Waals surface area contributed by atoms with Gasteiger partial charge in [0.2, 0.25) is 15.9 Å². The van der Waals surface area contributed by atoms with Crippen molar-refractivity contribution in [1.82, 2.24) is 14.3 Å². The summed E-state index contributed by atoms with van der Waals surface area (Å²) in [6.45, 7) is 0.871. The van der Waals surface area contributed by atoms with Crippen LogP contribution in [-0.2, 0) is 10.0 Å². The number of aromatic nitrogens is 2. The van der Waals surface area contributed by atoms with Crippen LogP contribution in [-0.4, -0.2) is 41.9 Å². The molecule has 0 saturated carbocycles. The van der Waals surface area contributed by atoms with Crippen LogP contribution in [0, 0.1) is 0 Å². The number of fused-ring (bicyclic) bond motifs is 1. The van der Waals surface area contributed by atoms with Crippen LogP contribution in [0.4, 0.5) is 0 Å². The molecule has 1 aliphatic rings. The van der Waals surface area contributed by atoms with Crippen LogP contribution in [0.25, 0.3) is 10.8 Å². The lowest BCUT2D eigenvalue weighted by atomic mass is 10.1. The van der Waals surface area contributed by atoms with Gasteiger partial charge in [-0.2, -0.15) is 4.31 Å². The predicted molar refractivity (Wildman–Crippen MR) is 98.4 cm³/mol. The van der Waals surface area contributed by atoms with Gasteiger partial charge in [0.05, 0.1) is 4.90 Å². The molecule has 26 heavy (non-hydrogen) atoms. The standard InChI is InChI=1S/C19H19N3O3S/c23-26(24,18-6-5-15-3-1-2-4-16(15)13-18)22-11-8-17(9-12-22)25-19-7-10-20-14-21-19/h1-7,10,13-14,17H,8-9,11-12H2. The van der Waals surface area contributed by atoms with Crippen molar-refractivity contribution in [1.29, 1.82) is 0 Å². The number of nitrogens with zero attached hydrogens (tertiary/aromatic N) is 3. The fourth-order valence-electron chi connectivity index (χ4n) is 3.19. The highest BCUT2D eigenvalue weighted by Gasteiger charge is 2.30. The lowest BCUT2D eigenvalue weighted by Gasteiger charge is -2.31. The number of benzene rings is 2. The van der Waals surface area contributed by atoms with Gasteiger partial charge in [-0.1, -0.05) is 30.3 Å². The van der Waals surface area contributed by atoms with Gasteiger partial charge < -0.3 is 4.74 Å². The Bertz CT molecular complexity index is 1000. The minimum Gasteiger partial charge on any atom is -0.474 e. The molecule has 1 saturated heterocycles. The molecule has 0 amide bonds. The first kappa shape index (κ1) is 16.9. The van der Waals surface area contributed by atoms with Gasteiger partial charge >= 0.3 is 0 Å². The summed E-state index contributed by atoms with van der Waals surface area (Å²) in [4.78, 5) is 8.25. The predicted octanol–water partition coefficient (Wildman–Crippen LogP) is 2.86. The van der Waals surface area contributed by atoms with Gasteiger partial charge in [-0.15, -0.1) is 0 Å². The molecule has 0 N–H and O–H groups in total. The van der Waals surface area contributed by atoms with Crippen LogP contribution >= 0.6 is 0 Å². The first-order chi connectivity index (χ1) is 12.6. The summed E-state index contributed by atoms with van der Waals surface area (Å²) in [7, 11) is -3.50. The minimum absolute atomic E-state index is 0.0343. The van der Waals surface area contributed by atoms with E-state index in [9.17, 15) is 8.42 Å². The van der Waals surface area contributed by atoms with Gasteiger partial charge in [-0.05, 0) is 35.7 Å². The quantitative estimate of drug-likeness (QED) is 0.707. The summed E-state index contributed by atoms with van der Waals surface area (Å²) < 4.78 is 33.3. The smallest absolute Gasteiger partial charge is 0.243 e. The summed E-state index contributed by atoms with van der Waals surface area (Å²) in [5.74, 6) is 0.524. The number of sulfonamides is 1. The van der Waals surface area contributed by atoms with E-state index in [0.29, 0.717) is 36.7 Å². The molecule has 0 aliphatic carbocycles. The van der Waals surface area contributed by atoms with E-state index in [2.05, 4.69) is 9.97 Å². The maximum absolute atomic E-state index is 13.0. The fraction of sp³-hybridized carbons (Fsp3) is 0.263. The second-order valence-electron chi connectivity index (χ2n) is 6.28. The highest BCUT2D eigenvalue weighted by Crippen LogP contribution is 2.25. The van der Waals surface area contributed by atoms with E-state index < -0.39 is 10.0 Å². The minimum atomic E-state index is -3.50. The van der Waals surface area contributed by atoms with E-state index in [1.807, 2.05) is 30.3 Å². The normalized spacial score (nSPS) is 16.6. The van der Waals surface area contributed by atoms with Gasteiger partial charge in [0, 0.05) is 25.4 Å². The molecule has 0 unspecified atom stereocenters. The van der Waals surface area contributed by atoms with Gasteiger partial charge in [0.25, 0.3) is 0 Å². The van der Waals surface area contributed by atoms with E-state index in [4.69, 9.17) is 4.74 Å². The lowest BCUT2D eigenvalue weighted by molar-refractivity contribution is 0.129. The third-order valence-corrected chi connectivity index (χ3v) is 6.50. The average Bonchev–Trinajstić information content (AvgIpc) is 2.69. The molecular weight excluding hydrogens is 350 g/mol. The number of rotatable bonds is 4. The zero-order valence-corrected chi connectivity index (χ0v) is 15.0. The monoisotopic (exact) mass is 369 g/mol. The molecule has 0 radical (unpaired) electrons. The van der Waals surface area contributed by atoms with E-state index in [1.54, 1.807) is 24.4 Å². The van der Waals surface area contributed by atoms with Crippen LogP contribution in [0.1, 0.15) is 12.8 Å². The Morgan fingerprint density at radius 3 is 2.50 bits per heavy atom. The zero-order chi connectivity index (χ0) is 18.0. The Balaban J connectivity index is 1.47. The molecule has 1 aliphatic heterocycles. The molecule has 0 spiro atoms. The van der Waals surface area contributed by atoms with Crippen molar-refractivity contribution in [2.45, 2.75) is 23.8 Å². The highest BCUT2D eigenvalue weighted by atomic mass is 32.2. The third kappa shape index (κ3) is 3.40. The van der Waals surface area contributed by atoms with Gasteiger partial charge in [-0.3, -0.25) is 0 Å². The third-order valence-electron chi connectivity index (χ3n) is 4.60. The van der Waals surface area contributed by atoms with Gasteiger partial charge in [0.15, 0.2) is 0 Å². The Labute approximate surface area is 152 Å². The Hall–Kier alpha value is -2.51. The maximum Gasteiger partial charge on any atom is 0.243 e. The Morgan fingerprint density at radius 1 is 1.00 bits per heavy atom. The van der Waals surface area contributed by atoms with Crippen LogP contribution in [0.3, 0.4) is 0 Å². The Kier molecular flexibility index (Phi) is 4.57. The molecule has 7 heteroatoms. The number of hydrogen-bond donors (Lipinski definition) is 0. The molecule has 0 bridgehead atoms. The molecule has 6 nitrogen and oxygen atoms in total. The van der Waals surface area contributed by atoms with E-state index in [-0.39, 0.29) is 6.10 Å². The fourth-order valence-corrected chi connectivity index (χ4v) is 4.69. The lowest BCUT2D eigenvalue weighted by Crippen LogP contribution is -2.41. The summed E-state index contributed by atoms with van der Waals surface area (Å²) >= 11 is 0. The Morgan fingerprint density at radius 2 is 1.77 bits per heavy atom. The van der Waals surface area contributed by atoms with E-state index in [1.165, 1.54) is 10.6 Å². The average molecular weight is 369 g/mol. The summed E-state index contributed by atoms with van der Waals surface area (Å²) in [6, 6.07) is 14.7. The second-order valence-corrected chi connectivity index (χ2v) is 8.22. The first-order valence-electron chi connectivity index (χ1n) is 8.54. The first-order valence-corrected chi connectivity index (χ1v) is 9.98. The molecule has 1 aromatic heterocycles. The highest BCUT2D eigenvalue weighted by molar-refractivity contribution is 7.89. The van der Waals surface area contributed by atoms with Crippen molar-refractivity contribution in [3.05, 3.63) is 61.1 Å². The van der Waals surface area contributed by atoms with Crippen molar-refractivity contribution in [3.8, 4) is 5.88 Å². The van der Waals surface area contributed by atoms with Gasteiger partial charge in [0.1, 0.15) is 12.4 Å². The summed E-state index contributed by atoms with van der Waals surface area (Å²) in [5, 5.41) is 1.96. The van der Waals surface area contributed by atoms with Crippen molar-refractivity contribution in [2.75, 3.05) is 13.1 Å². The van der Waals surface area contributed by atoms with Crippen molar-refractivity contribution in [3.63, 3.8) is 0 Å². The van der Waals surface area contributed by atoms with E-state index >= 15 is 0 Å². The second kappa shape index (κ2) is 7.01. The summed E-state index contributed by atoms with van der Waals surface area (Å²) in [5.41, 5.74) is 0. The number of ether oxygens (including phenoxy) is 1. The molecule has 134 valence electrons. The van der Waals surface area contributed by atoms with Crippen LogP contribution in [0.5, 0.6) is 5.88 Å². The SMILES string of the molecule is O=S(=O)(c1ccc2ccccc2c1)N1CCC(Oc2ccncn2)CC1. The molecule has 0 atom stereocenters. The topological polar surface area (TPSA) is 72.4 Å². The molecule has 3 aromatic rings. The van der Waals surface area contributed by atoms with Crippen LogP contribution in [0.2, 0.25) is 0 Å². The molecular formula is C19H19N3O3S.